The van der Waals surface area contributed by atoms with Crippen LogP contribution in [0.2, 0.25) is 0 Å². The largest absolute Gasteiger partial charge is 0.462 e. The van der Waals surface area contributed by atoms with Gasteiger partial charge >= 0.3 is 11.9 Å². The van der Waals surface area contributed by atoms with Gasteiger partial charge in [-0.3, -0.25) is 9.59 Å². The Balaban J connectivity index is 2.20. The van der Waals surface area contributed by atoms with Gasteiger partial charge in [-0.05, 0) is 12.8 Å². The van der Waals surface area contributed by atoms with Gasteiger partial charge in [0.2, 0.25) is 0 Å². The molecular formula is C44H84O10. The average molecular weight is 773 g/mol. The van der Waals surface area contributed by atoms with Crippen LogP contribution in [0.5, 0.6) is 0 Å². The van der Waals surface area contributed by atoms with Crippen molar-refractivity contribution in [3.63, 3.8) is 0 Å². The molecule has 1 rings (SSSR count). The Kier molecular flexibility index (Phi) is 33.9. The van der Waals surface area contributed by atoms with Gasteiger partial charge in [-0.1, -0.05) is 187 Å². The summed E-state index contributed by atoms with van der Waals surface area (Å²) in [5.41, 5.74) is 0. The molecule has 0 bridgehead atoms. The number of aliphatic hydroxyl groups is 4. The van der Waals surface area contributed by atoms with E-state index in [1.54, 1.807) is 0 Å². The lowest BCUT2D eigenvalue weighted by Gasteiger charge is -2.39. The van der Waals surface area contributed by atoms with Crippen LogP contribution in [0.25, 0.3) is 0 Å². The summed E-state index contributed by atoms with van der Waals surface area (Å²) in [6.07, 6.45) is 28.6. The van der Waals surface area contributed by atoms with Crippen LogP contribution in [0.1, 0.15) is 213 Å². The Hall–Kier alpha value is -1.30. The quantitative estimate of drug-likeness (QED) is 0.0353. The predicted molar refractivity (Wildman–Crippen MR) is 215 cm³/mol. The summed E-state index contributed by atoms with van der Waals surface area (Å²) in [5, 5.41) is 39.9. The molecule has 6 unspecified atom stereocenters. The van der Waals surface area contributed by atoms with Gasteiger partial charge in [0.1, 0.15) is 31.0 Å². The van der Waals surface area contributed by atoms with Crippen LogP contribution in [-0.2, 0) is 28.5 Å². The minimum absolute atomic E-state index is 0.210. The molecule has 320 valence electrons. The Morgan fingerprint density at radius 1 is 0.500 bits per heavy atom. The molecule has 1 saturated heterocycles. The van der Waals surface area contributed by atoms with E-state index >= 15 is 0 Å². The van der Waals surface area contributed by atoms with Crippen LogP contribution in [-0.4, -0.2) is 89.0 Å². The summed E-state index contributed by atoms with van der Waals surface area (Å²) in [4.78, 5) is 25.1. The van der Waals surface area contributed by atoms with Crippen molar-refractivity contribution in [1.29, 1.82) is 0 Å². The summed E-state index contributed by atoms with van der Waals surface area (Å²) in [6.45, 7) is 3.40. The van der Waals surface area contributed by atoms with E-state index in [1.807, 2.05) is 0 Å². The lowest BCUT2D eigenvalue weighted by Crippen LogP contribution is -2.59. The van der Waals surface area contributed by atoms with Crippen molar-refractivity contribution < 1.29 is 49.0 Å². The summed E-state index contributed by atoms with van der Waals surface area (Å²) >= 11 is 0. The maximum absolute atomic E-state index is 12.7. The molecule has 1 aliphatic rings. The average Bonchev–Trinajstić information content (AvgIpc) is 3.17. The Bertz CT molecular complexity index is 855. The Labute approximate surface area is 329 Å². The molecule has 0 aromatic rings. The second-order valence-corrected chi connectivity index (χ2v) is 15.9. The Morgan fingerprint density at radius 3 is 1.26 bits per heavy atom. The first-order valence-electron chi connectivity index (χ1n) is 22.6. The van der Waals surface area contributed by atoms with Gasteiger partial charge < -0.3 is 39.4 Å². The fourth-order valence-corrected chi connectivity index (χ4v) is 7.13. The van der Waals surface area contributed by atoms with Gasteiger partial charge in [0.25, 0.3) is 0 Å². The van der Waals surface area contributed by atoms with E-state index in [1.165, 1.54) is 135 Å². The van der Waals surface area contributed by atoms with Crippen LogP contribution < -0.4 is 0 Å². The number of aliphatic hydroxyl groups excluding tert-OH is 4. The van der Waals surface area contributed by atoms with Crippen molar-refractivity contribution in [2.24, 2.45) is 0 Å². The van der Waals surface area contributed by atoms with Crippen LogP contribution in [0.4, 0.5) is 0 Å². The molecule has 10 nitrogen and oxygen atoms in total. The lowest BCUT2D eigenvalue weighted by atomic mass is 9.99. The maximum atomic E-state index is 12.7. The highest BCUT2D eigenvalue weighted by atomic mass is 16.7. The summed E-state index contributed by atoms with van der Waals surface area (Å²) < 4.78 is 22.1. The summed E-state index contributed by atoms with van der Waals surface area (Å²) in [6, 6.07) is 0. The lowest BCUT2D eigenvalue weighted by molar-refractivity contribution is -0.305. The summed E-state index contributed by atoms with van der Waals surface area (Å²) in [5.74, 6) is -0.800. The number of unbranched alkanes of at least 4 members (excludes halogenated alkanes) is 27. The summed E-state index contributed by atoms with van der Waals surface area (Å²) in [7, 11) is 0. The molecule has 0 radical (unpaired) electrons. The normalized spacial score (nSPS) is 20.6. The van der Waals surface area contributed by atoms with E-state index in [-0.39, 0.29) is 32.0 Å². The molecular weight excluding hydrogens is 688 g/mol. The monoisotopic (exact) mass is 773 g/mol. The highest BCUT2D eigenvalue weighted by Crippen LogP contribution is 2.23. The molecule has 0 aliphatic carbocycles. The van der Waals surface area contributed by atoms with Crippen LogP contribution in [0.15, 0.2) is 0 Å². The molecule has 6 atom stereocenters. The fraction of sp³-hybridized carbons (Fsp3) is 0.955. The van der Waals surface area contributed by atoms with Crippen molar-refractivity contribution in [3.05, 3.63) is 0 Å². The van der Waals surface area contributed by atoms with E-state index in [2.05, 4.69) is 13.8 Å². The maximum Gasteiger partial charge on any atom is 0.306 e. The molecule has 0 spiro atoms. The SMILES string of the molecule is CCCCCCCCCCCCCCCCCCCCCCCCC(=O)OC(COC(=O)CCCCCCCCC)COC1OC(CO)C(O)C(O)C1O. The number of carbonyl (C=O) groups excluding carboxylic acids is 2. The first-order valence-corrected chi connectivity index (χ1v) is 22.6. The van der Waals surface area contributed by atoms with Crippen molar-refractivity contribution >= 4 is 11.9 Å². The van der Waals surface area contributed by atoms with Crippen LogP contribution in [0.3, 0.4) is 0 Å². The second-order valence-electron chi connectivity index (χ2n) is 15.9. The number of hydrogen-bond donors (Lipinski definition) is 4. The molecule has 10 heteroatoms. The highest BCUT2D eigenvalue weighted by molar-refractivity contribution is 5.70. The minimum atomic E-state index is -1.59. The molecule has 0 aromatic carbocycles. The fourth-order valence-electron chi connectivity index (χ4n) is 7.13. The smallest absolute Gasteiger partial charge is 0.306 e. The second kappa shape index (κ2) is 36.1. The standard InChI is InChI=1S/C44H84O10/c1-3-5-7-9-11-12-13-14-15-16-17-18-19-20-21-22-23-24-25-27-29-31-33-40(47)53-37(35-51-39(46)32-30-28-26-10-8-6-4-2)36-52-44-43(50)42(49)41(48)38(34-45)54-44/h37-38,41-45,48-50H,3-36H2,1-2H3. The molecule has 54 heavy (non-hydrogen) atoms. The van der Waals surface area contributed by atoms with E-state index < -0.39 is 49.4 Å². The molecule has 0 amide bonds. The van der Waals surface area contributed by atoms with Gasteiger partial charge in [-0.25, -0.2) is 0 Å². The number of rotatable bonds is 38. The van der Waals surface area contributed by atoms with Gasteiger partial charge in [0.05, 0.1) is 13.2 Å². The first-order chi connectivity index (χ1) is 26.3. The topological polar surface area (TPSA) is 152 Å². The third kappa shape index (κ3) is 27.3. The first kappa shape index (κ1) is 50.7. The molecule has 0 aromatic heterocycles. The third-order valence-electron chi connectivity index (χ3n) is 10.7. The molecule has 1 heterocycles. The number of esters is 2. The number of carbonyl (C=O) groups is 2. The van der Waals surface area contributed by atoms with E-state index in [9.17, 15) is 30.0 Å². The van der Waals surface area contributed by atoms with Gasteiger partial charge in [-0.15, -0.1) is 0 Å². The van der Waals surface area contributed by atoms with E-state index in [0.29, 0.717) is 6.42 Å². The van der Waals surface area contributed by atoms with E-state index in [0.717, 1.165) is 44.9 Å². The number of hydrogen-bond acceptors (Lipinski definition) is 10. The zero-order valence-corrected chi connectivity index (χ0v) is 34.7. The van der Waals surface area contributed by atoms with Crippen molar-refractivity contribution in [2.75, 3.05) is 19.8 Å². The molecule has 4 N–H and O–H groups in total. The predicted octanol–water partition coefficient (Wildman–Crippen LogP) is 9.39. The molecule has 0 saturated carbocycles. The number of ether oxygens (including phenoxy) is 4. The van der Waals surface area contributed by atoms with Crippen molar-refractivity contribution in [2.45, 2.75) is 250 Å². The van der Waals surface area contributed by atoms with Crippen molar-refractivity contribution in [3.8, 4) is 0 Å². The zero-order chi connectivity index (χ0) is 39.5. The Morgan fingerprint density at radius 2 is 0.870 bits per heavy atom. The van der Waals surface area contributed by atoms with Crippen LogP contribution in [0, 0.1) is 0 Å². The van der Waals surface area contributed by atoms with E-state index in [4.69, 9.17) is 18.9 Å². The zero-order valence-electron chi connectivity index (χ0n) is 34.7. The minimum Gasteiger partial charge on any atom is -0.462 e. The van der Waals surface area contributed by atoms with Crippen LogP contribution >= 0.6 is 0 Å². The third-order valence-corrected chi connectivity index (χ3v) is 10.7. The highest BCUT2D eigenvalue weighted by Gasteiger charge is 2.44. The molecule has 1 fully saturated rings. The van der Waals surface area contributed by atoms with Gasteiger partial charge in [0, 0.05) is 12.8 Å². The van der Waals surface area contributed by atoms with Gasteiger partial charge in [-0.2, -0.15) is 0 Å². The molecule has 1 aliphatic heterocycles. The van der Waals surface area contributed by atoms with Crippen molar-refractivity contribution in [1.82, 2.24) is 0 Å². The van der Waals surface area contributed by atoms with Gasteiger partial charge in [0.15, 0.2) is 12.4 Å².